The first-order valence-electron chi connectivity index (χ1n) is 8.50. The Hall–Kier alpha value is -2.60. The van der Waals surface area contributed by atoms with E-state index in [4.69, 9.17) is 4.42 Å². The molecule has 1 atom stereocenters. The molecule has 1 aliphatic carbocycles. The van der Waals surface area contributed by atoms with Crippen molar-refractivity contribution >= 4 is 11.4 Å². The van der Waals surface area contributed by atoms with Crippen molar-refractivity contribution in [2.45, 2.75) is 38.2 Å². The Labute approximate surface area is 145 Å². The smallest absolute Gasteiger partial charge is 0.272 e. The highest BCUT2D eigenvalue weighted by Gasteiger charge is 2.32. The molecule has 0 aliphatic heterocycles. The topological polar surface area (TPSA) is 79.8 Å². The van der Waals surface area contributed by atoms with Gasteiger partial charge in [0.2, 0.25) is 0 Å². The minimum absolute atomic E-state index is 0.0450. The Morgan fingerprint density at radius 1 is 1.40 bits per heavy atom. The van der Waals surface area contributed by atoms with Crippen LogP contribution in [0.5, 0.6) is 0 Å². The number of aliphatic hydroxyl groups is 1. The van der Waals surface area contributed by atoms with Crippen LogP contribution in [0.15, 0.2) is 40.9 Å². The third kappa shape index (κ3) is 2.93. The van der Waals surface area contributed by atoms with Gasteiger partial charge >= 0.3 is 0 Å². The fourth-order valence-corrected chi connectivity index (χ4v) is 3.01. The van der Waals surface area contributed by atoms with Gasteiger partial charge in [0.15, 0.2) is 5.69 Å². The van der Waals surface area contributed by atoms with Gasteiger partial charge in [0, 0.05) is 12.1 Å². The number of rotatable bonds is 5. The highest BCUT2D eigenvalue weighted by Crippen LogP contribution is 2.40. The lowest BCUT2D eigenvalue weighted by Crippen LogP contribution is -2.38. The van der Waals surface area contributed by atoms with Gasteiger partial charge in [-0.25, -0.2) is 4.98 Å². The molecule has 0 aromatic carbocycles. The molecular weight excluding hydrogens is 318 g/mol. The summed E-state index contributed by atoms with van der Waals surface area (Å²) in [6.45, 7) is 3.48. The zero-order chi connectivity index (χ0) is 17.6. The maximum Gasteiger partial charge on any atom is 0.272 e. The number of imidazole rings is 1. The predicted molar refractivity (Wildman–Crippen MR) is 92.5 cm³/mol. The van der Waals surface area contributed by atoms with Crippen LogP contribution in [0.1, 0.15) is 53.5 Å². The minimum atomic E-state index is -1.28. The quantitative estimate of drug-likeness (QED) is 0.749. The van der Waals surface area contributed by atoms with Crippen molar-refractivity contribution in [2.75, 3.05) is 6.54 Å². The number of carbonyl (C=O) groups is 1. The maximum absolute atomic E-state index is 12.7. The SMILES string of the molecule is Cc1ccc(C(C)(O)CNC(=O)c2nc(C3CC3)n3ccccc23)o1. The molecule has 1 saturated carbocycles. The molecular formula is C19H21N3O3. The van der Waals surface area contributed by atoms with Crippen LogP contribution in [0.4, 0.5) is 0 Å². The first kappa shape index (κ1) is 15.9. The highest BCUT2D eigenvalue weighted by atomic mass is 16.4. The number of amides is 1. The number of fused-ring (bicyclic) bond motifs is 1. The van der Waals surface area contributed by atoms with Crippen molar-refractivity contribution in [2.24, 2.45) is 0 Å². The molecule has 0 radical (unpaired) electrons. The molecule has 4 rings (SSSR count). The molecule has 25 heavy (non-hydrogen) atoms. The Morgan fingerprint density at radius 2 is 2.20 bits per heavy atom. The van der Waals surface area contributed by atoms with Gasteiger partial charge in [0.05, 0.1) is 12.1 Å². The summed E-state index contributed by atoms with van der Waals surface area (Å²) in [6, 6.07) is 9.23. The predicted octanol–water partition coefficient (Wildman–Crippen LogP) is 2.75. The Bertz CT molecular complexity index is 934. The van der Waals surface area contributed by atoms with Crippen LogP contribution in [0, 0.1) is 6.92 Å². The highest BCUT2D eigenvalue weighted by molar-refractivity contribution is 5.99. The van der Waals surface area contributed by atoms with E-state index < -0.39 is 5.60 Å². The van der Waals surface area contributed by atoms with Crippen LogP contribution in [0.3, 0.4) is 0 Å². The van der Waals surface area contributed by atoms with E-state index in [-0.39, 0.29) is 12.5 Å². The molecule has 0 bridgehead atoms. The lowest BCUT2D eigenvalue weighted by Gasteiger charge is -2.21. The average Bonchev–Trinajstić information content (AvgIpc) is 3.22. The monoisotopic (exact) mass is 339 g/mol. The lowest BCUT2D eigenvalue weighted by molar-refractivity contribution is 0.0323. The maximum atomic E-state index is 12.7. The van der Waals surface area contributed by atoms with Gasteiger partial charge in [-0.05, 0) is 51.0 Å². The van der Waals surface area contributed by atoms with Gasteiger partial charge in [-0.2, -0.15) is 0 Å². The number of furan rings is 1. The lowest BCUT2D eigenvalue weighted by atomic mass is 10.0. The standard InChI is InChI=1S/C19H21N3O3/c1-12-6-9-15(25-12)19(2,24)11-20-18(23)16-14-5-3-4-10-22(14)17(21-16)13-7-8-13/h3-6,9-10,13,24H,7-8,11H2,1-2H3,(H,20,23). The van der Waals surface area contributed by atoms with Crippen molar-refractivity contribution in [1.29, 1.82) is 0 Å². The zero-order valence-electron chi connectivity index (χ0n) is 14.3. The summed E-state index contributed by atoms with van der Waals surface area (Å²) in [6.07, 6.45) is 4.16. The molecule has 1 aliphatic rings. The average molecular weight is 339 g/mol. The van der Waals surface area contributed by atoms with E-state index in [1.54, 1.807) is 19.1 Å². The van der Waals surface area contributed by atoms with Crippen LogP contribution in [0.25, 0.3) is 5.52 Å². The Kier molecular flexibility index (Phi) is 3.65. The molecule has 2 N–H and O–H groups in total. The summed E-state index contributed by atoms with van der Waals surface area (Å²) in [5.74, 6) is 2.23. The normalized spacial score (nSPS) is 16.8. The van der Waals surface area contributed by atoms with Crippen molar-refractivity contribution in [3.8, 4) is 0 Å². The molecule has 3 aromatic heterocycles. The fourth-order valence-electron chi connectivity index (χ4n) is 3.01. The summed E-state index contributed by atoms with van der Waals surface area (Å²) in [5.41, 5.74) is -0.0944. The van der Waals surface area contributed by atoms with E-state index in [9.17, 15) is 9.90 Å². The third-order valence-corrected chi connectivity index (χ3v) is 4.60. The van der Waals surface area contributed by atoms with Crippen molar-refractivity contribution in [1.82, 2.24) is 14.7 Å². The summed E-state index contributed by atoms with van der Waals surface area (Å²) < 4.78 is 7.47. The van der Waals surface area contributed by atoms with Crippen LogP contribution < -0.4 is 5.32 Å². The van der Waals surface area contributed by atoms with E-state index in [1.165, 1.54) is 0 Å². The van der Waals surface area contributed by atoms with Gasteiger partial charge in [0.25, 0.3) is 5.91 Å². The largest absolute Gasteiger partial charge is 0.463 e. The zero-order valence-corrected chi connectivity index (χ0v) is 14.3. The molecule has 6 heteroatoms. The Morgan fingerprint density at radius 3 is 2.88 bits per heavy atom. The molecule has 0 saturated heterocycles. The van der Waals surface area contributed by atoms with E-state index in [2.05, 4.69) is 10.3 Å². The van der Waals surface area contributed by atoms with Crippen molar-refractivity contribution < 1.29 is 14.3 Å². The molecule has 3 aromatic rings. The molecule has 0 spiro atoms. The van der Waals surface area contributed by atoms with Gasteiger partial charge < -0.3 is 19.2 Å². The number of aryl methyl sites for hydroxylation is 1. The van der Waals surface area contributed by atoms with Crippen LogP contribution in [0.2, 0.25) is 0 Å². The van der Waals surface area contributed by atoms with E-state index in [1.807, 2.05) is 35.7 Å². The van der Waals surface area contributed by atoms with Crippen molar-refractivity contribution in [3.05, 3.63) is 59.6 Å². The minimum Gasteiger partial charge on any atom is -0.463 e. The molecule has 1 fully saturated rings. The molecule has 6 nitrogen and oxygen atoms in total. The summed E-state index contributed by atoms with van der Waals surface area (Å²) in [7, 11) is 0. The van der Waals surface area contributed by atoms with Crippen LogP contribution >= 0.6 is 0 Å². The van der Waals surface area contributed by atoms with E-state index >= 15 is 0 Å². The fraction of sp³-hybridized carbons (Fsp3) is 0.368. The second kappa shape index (κ2) is 5.74. The van der Waals surface area contributed by atoms with E-state index in [0.717, 1.165) is 29.9 Å². The first-order valence-corrected chi connectivity index (χ1v) is 8.50. The van der Waals surface area contributed by atoms with Gasteiger partial charge in [-0.15, -0.1) is 0 Å². The second-order valence-corrected chi connectivity index (χ2v) is 6.92. The summed E-state index contributed by atoms with van der Waals surface area (Å²) in [4.78, 5) is 17.2. The number of hydrogen-bond acceptors (Lipinski definition) is 4. The number of pyridine rings is 1. The van der Waals surface area contributed by atoms with Crippen molar-refractivity contribution in [3.63, 3.8) is 0 Å². The number of nitrogens with one attached hydrogen (secondary N) is 1. The van der Waals surface area contributed by atoms with E-state index in [0.29, 0.717) is 17.4 Å². The number of nitrogens with zero attached hydrogens (tertiary/aromatic N) is 2. The molecule has 1 unspecified atom stereocenters. The molecule has 3 heterocycles. The van der Waals surface area contributed by atoms with Gasteiger partial charge in [-0.1, -0.05) is 6.07 Å². The van der Waals surface area contributed by atoms with Gasteiger partial charge in [0.1, 0.15) is 22.9 Å². The number of aromatic nitrogens is 2. The molecule has 1 amide bonds. The Balaban J connectivity index is 1.56. The summed E-state index contributed by atoms with van der Waals surface area (Å²) >= 11 is 0. The number of carbonyl (C=O) groups excluding carboxylic acids is 1. The summed E-state index contributed by atoms with van der Waals surface area (Å²) in [5, 5.41) is 13.4. The second-order valence-electron chi connectivity index (χ2n) is 6.92. The third-order valence-electron chi connectivity index (χ3n) is 4.60. The van der Waals surface area contributed by atoms with Crippen LogP contribution in [-0.2, 0) is 5.60 Å². The van der Waals surface area contributed by atoms with Gasteiger partial charge in [-0.3, -0.25) is 4.79 Å². The number of hydrogen-bond donors (Lipinski definition) is 2. The first-order chi connectivity index (χ1) is 12.0. The van der Waals surface area contributed by atoms with Crippen LogP contribution in [-0.4, -0.2) is 26.9 Å². The molecule has 130 valence electrons.